The normalized spacial score (nSPS) is 12.4. The van der Waals surface area contributed by atoms with E-state index in [-0.39, 0.29) is 31.1 Å². The number of rotatable bonds is 51. The van der Waals surface area contributed by atoms with Crippen LogP contribution in [0.3, 0.4) is 0 Å². The molecular formula is C56H108O6. The fourth-order valence-electron chi connectivity index (χ4n) is 8.54. The summed E-state index contributed by atoms with van der Waals surface area (Å²) in [4.78, 5) is 38.0. The summed E-state index contributed by atoms with van der Waals surface area (Å²) >= 11 is 0. The molecule has 0 aliphatic rings. The third-order valence-corrected chi connectivity index (χ3v) is 13.2. The van der Waals surface area contributed by atoms with Crippen molar-refractivity contribution in [1.82, 2.24) is 0 Å². The first-order chi connectivity index (χ1) is 30.4. The molecule has 1 unspecified atom stereocenters. The van der Waals surface area contributed by atoms with Crippen LogP contribution in [0, 0.1) is 5.92 Å². The van der Waals surface area contributed by atoms with Crippen molar-refractivity contribution < 1.29 is 28.6 Å². The molecule has 62 heavy (non-hydrogen) atoms. The molecule has 0 fully saturated rings. The van der Waals surface area contributed by atoms with Gasteiger partial charge in [-0.3, -0.25) is 14.4 Å². The summed E-state index contributed by atoms with van der Waals surface area (Å²) in [7, 11) is 0. The lowest BCUT2D eigenvalue weighted by Crippen LogP contribution is -2.30. The van der Waals surface area contributed by atoms with Crippen molar-refractivity contribution in [3.63, 3.8) is 0 Å². The zero-order chi connectivity index (χ0) is 45.2. The minimum atomic E-state index is -0.761. The molecule has 0 aromatic carbocycles. The summed E-state index contributed by atoms with van der Waals surface area (Å²) in [6, 6.07) is 0. The van der Waals surface area contributed by atoms with Crippen molar-refractivity contribution in [2.75, 3.05) is 13.2 Å². The van der Waals surface area contributed by atoms with E-state index in [4.69, 9.17) is 14.2 Å². The van der Waals surface area contributed by atoms with Crippen LogP contribution in [0.1, 0.15) is 317 Å². The van der Waals surface area contributed by atoms with Gasteiger partial charge in [-0.25, -0.2) is 0 Å². The summed E-state index contributed by atoms with van der Waals surface area (Å²) < 4.78 is 16.9. The van der Waals surface area contributed by atoms with Crippen molar-refractivity contribution in [2.24, 2.45) is 5.92 Å². The Kier molecular flexibility index (Phi) is 49.1. The van der Waals surface area contributed by atoms with Gasteiger partial charge in [-0.15, -0.1) is 0 Å². The number of ether oxygens (including phenoxy) is 3. The summed E-state index contributed by atoms with van der Waals surface area (Å²) in [6.45, 7) is 9.07. The number of carbonyl (C=O) groups excluding carboxylic acids is 3. The maximum Gasteiger partial charge on any atom is 0.306 e. The first-order valence-corrected chi connectivity index (χ1v) is 27.9. The highest BCUT2D eigenvalue weighted by molar-refractivity contribution is 5.71. The van der Waals surface area contributed by atoms with Gasteiger partial charge < -0.3 is 14.2 Å². The van der Waals surface area contributed by atoms with Gasteiger partial charge >= 0.3 is 17.9 Å². The van der Waals surface area contributed by atoms with Crippen LogP contribution in [-0.4, -0.2) is 37.2 Å². The van der Waals surface area contributed by atoms with E-state index in [1.54, 1.807) is 0 Å². The number of hydrogen-bond acceptors (Lipinski definition) is 6. The van der Waals surface area contributed by atoms with E-state index >= 15 is 0 Å². The zero-order valence-electron chi connectivity index (χ0n) is 42.3. The second-order valence-electron chi connectivity index (χ2n) is 19.5. The molecule has 368 valence electrons. The minimum absolute atomic E-state index is 0.0624. The Morgan fingerprint density at radius 3 is 0.839 bits per heavy atom. The lowest BCUT2D eigenvalue weighted by molar-refractivity contribution is -0.167. The van der Waals surface area contributed by atoms with Gasteiger partial charge in [0.15, 0.2) is 6.10 Å². The second kappa shape index (κ2) is 50.4. The number of esters is 3. The highest BCUT2D eigenvalue weighted by atomic mass is 16.6. The van der Waals surface area contributed by atoms with Gasteiger partial charge in [0, 0.05) is 19.3 Å². The topological polar surface area (TPSA) is 78.9 Å². The largest absolute Gasteiger partial charge is 0.462 e. The predicted octanol–water partition coefficient (Wildman–Crippen LogP) is 18.2. The zero-order valence-corrected chi connectivity index (χ0v) is 42.3. The Bertz CT molecular complexity index is 935. The van der Waals surface area contributed by atoms with Crippen molar-refractivity contribution in [3.8, 4) is 0 Å². The quantitative estimate of drug-likeness (QED) is 0.0344. The number of carbonyl (C=O) groups is 3. The molecule has 0 spiro atoms. The average Bonchev–Trinajstić information content (AvgIpc) is 3.27. The maximum absolute atomic E-state index is 12.8. The molecule has 0 N–H and O–H groups in total. The molecule has 6 nitrogen and oxygen atoms in total. The molecule has 0 aromatic rings. The fourth-order valence-corrected chi connectivity index (χ4v) is 8.54. The van der Waals surface area contributed by atoms with Gasteiger partial charge in [0.05, 0.1) is 0 Å². The van der Waals surface area contributed by atoms with E-state index in [0.29, 0.717) is 19.3 Å². The standard InChI is InChI=1S/C56H108O6/c1-5-8-10-12-14-16-18-20-21-22-23-24-25-27-32-36-40-44-48-55(58)61-51-53(50-60-54(57)47-43-39-35-31-26-19-17-15-13-11-9-6-2)62-56(59)49-45-41-37-33-29-28-30-34-38-42-46-52(4)7-3/h52-53H,5-51H2,1-4H3/t52?,53-/m1/s1. The lowest BCUT2D eigenvalue weighted by atomic mass is 9.99. The molecule has 0 aliphatic carbocycles. The van der Waals surface area contributed by atoms with Gasteiger partial charge in [0.1, 0.15) is 13.2 Å². The maximum atomic E-state index is 12.8. The molecule has 0 amide bonds. The first kappa shape index (κ1) is 60.4. The predicted molar refractivity (Wildman–Crippen MR) is 266 cm³/mol. The molecule has 0 rings (SSSR count). The molecule has 0 aromatic heterocycles. The Hall–Kier alpha value is -1.59. The summed E-state index contributed by atoms with van der Waals surface area (Å²) in [5.74, 6) is 0.0277. The minimum Gasteiger partial charge on any atom is -0.462 e. The molecular weight excluding hydrogens is 769 g/mol. The van der Waals surface area contributed by atoms with Crippen LogP contribution in [-0.2, 0) is 28.6 Å². The molecule has 0 aliphatic heterocycles. The third kappa shape index (κ3) is 47.9. The van der Waals surface area contributed by atoms with Gasteiger partial charge in [0.25, 0.3) is 0 Å². The molecule has 0 bridgehead atoms. The Morgan fingerprint density at radius 1 is 0.323 bits per heavy atom. The van der Waals surface area contributed by atoms with Crippen LogP contribution in [0.4, 0.5) is 0 Å². The van der Waals surface area contributed by atoms with E-state index in [9.17, 15) is 14.4 Å². The van der Waals surface area contributed by atoms with E-state index in [2.05, 4.69) is 27.7 Å². The fraction of sp³-hybridized carbons (Fsp3) is 0.946. The van der Waals surface area contributed by atoms with E-state index in [0.717, 1.165) is 63.7 Å². The number of hydrogen-bond donors (Lipinski definition) is 0. The average molecular weight is 877 g/mol. The van der Waals surface area contributed by atoms with Crippen molar-refractivity contribution >= 4 is 17.9 Å². The molecule has 6 heteroatoms. The molecule has 0 radical (unpaired) electrons. The van der Waals surface area contributed by atoms with Crippen LogP contribution >= 0.6 is 0 Å². The van der Waals surface area contributed by atoms with Crippen LogP contribution in [0.2, 0.25) is 0 Å². The van der Waals surface area contributed by atoms with E-state index < -0.39 is 6.10 Å². The van der Waals surface area contributed by atoms with Crippen molar-refractivity contribution in [1.29, 1.82) is 0 Å². The monoisotopic (exact) mass is 877 g/mol. The highest BCUT2D eigenvalue weighted by Crippen LogP contribution is 2.18. The summed E-state index contributed by atoms with van der Waals surface area (Å²) in [5, 5.41) is 0. The second-order valence-corrected chi connectivity index (χ2v) is 19.5. The third-order valence-electron chi connectivity index (χ3n) is 13.2. The van der Waals surface area contributed by atoms with E-state index in [1.807, 2.05) is 0 Å². The van der Waals surface area contributed by atoms with Crippen LogP contribution in [0.5, 0.6) is 0 Å². The summed E-state index contributed by atoms with van der Waals surface area (Å²) in [5.41, 5.74) is 0. The Morgan fingerprint density at radius 2 is 0.565 bits per heavy atom. The highest BCUT2D eigenvalue weighted by Gasteiger charge is 2.19. The van der Waals surface area contributed by atoms with Crippen molar-refractivity contribution in [3.05, 3.63) is 0 Å². The molecule has 0 saturated carbocycles. The Balaban J connectivity index is 4.28. The Labute approximate surface area is 387 Å². The first-order valence-electron chi connectivity index (χ1n) is 27.9. The van der Waals surface area contributed by atoms with Crippen LogP contribution < -0.4 is 0 Å². The van der Waals surface area contributed by atoms with Gasteiger partial charge in [-0.1, -0.05) is 278 Å². The molecule has 2 atom stereocenters. The smallest absolute Gasteiger partial charge is 0.306 e. The number of unbranched alkanes of at least 4 members (excludes halogenated alkanes) is 37. The van der Waals surface area contributed by atoms with Crippen LogP contribution in [0.15, 0.2) is 0 Å². The van der Waals surface area contributed by atoms with Gasteiger partial charge in [-0.05, 0) is 25.2 Å². The molecule has 0 heterocycles. The van der Waals surface area contributed by atoms with Gasteiger partial charge in [-0.2, -0.15) is 0 Å². The lowest BCUT2D eigenvalue weighted by Gasteiger charge is -2.18. The summed E-state index contributed by atoms with van der Waals surface area (Å²) in [6.07, 6.45) is 53.7. The van der Waals surface area contributed by atoms with Gasteiger partial charge in [0.2, 0.25) is 0 Å². The SMILES string of the molecule is CCCCCCCCCCCCCCCCCCCCC(=O)OC[C@@H](COC(=O)CCCCCCCCCCCCCC)OC(=O)CCCCCCCCCCCCC(C)CC. The van der Waals surface area contributed by atoms with Crippen LogP contribution in [0.25, 0.3) is 0 Å². The van der Waals surface area contributed by atoms with Crippen molar-refractivity contribution in [2.45, 2.75) is 323 Å². The molecule has 0 saturated heterocycles. The van der Waals surface area contributed by atoms with E-state index in [1.165, 1.54) is 212 Å².